The van der Waals surface area contributed by atoms with E-state index < -0.39 is 11.8 Å². The summed E-state index contributed by atoms with van der Waals surface area (Å²) in [6, 6.07) is 9.50. The van der Waals surface area contributed by atoms with E-state index in [1.165, 1.54) is 16.2 Å². The molecule has 0 atom stereocenters. The number of nitrogens with zero attached hydrogens (tertiary/aromatic N) is 2. The van der Waals surface area contributed by atoms with Crippen molar-refractivity contribution in [1.29, 1.82) is 0 Å². The number of hydrogen-bond donors (Lipinski definition) is 1. The van der Waals surface area contributed by atoms with Gasteiger partial charge >= 0.3 is 11.8 Å². The number of hydrogen-bond acceptors (Lipinski definition) is 4. The molecular formula is C13H13N3O2S. The maximum Gasteiger partial charge on any atom is 0.315 e. The molecule has 1 N–H and O–H groups in total. The van der Waals surface area contributed by atoms with E-state index in [-0.39, 0.29) is 0 Å². The highest BCUT2D eigenvalue weighted by molar-refractivity contribution is 7.13. The van der Waals surface area contributed by atoms with Gasteiger partial charge in [0.1, 0.15) is 0 Å². The summed E-state index contributed by atoms with van der Waals surface area (Å²) in [5.41, 5.74) is 0.973. The molecule has 2 amide bonds. The van der Waals surface area contributed by atoms with Crippen molar-refractivity contribution in [2.24, 2.45) is 0 Å². The van der Waals surface area contributed by atoms with Gasteiger partial charge in [0.05, 0.1) is 0 Å². The van der Waals surface area contributed by atoms with Crippen molar-refractivity contribution < 1.29 is 9.59 Å². The van der Waals surface area contributed by atoms with Gasteiger partial charge in [-0.05, 0) is 5.56 Å². The van der Waals surface area contributed by atoms with Gasteiger partial charge in [-0.25, -0.2) is 4.98 Å². The monoisotopic (exact) mass is 275 g/mol. The van der Waals surface area contributed by atoms with Crippen LogP contribution in [-0.2, 0) is 16.1 Å². The largest absolute Gasteiger partial charge is 0.333 e. The van der Waals surface area contributed by atoms with Crippen LogP contribution in [0.25, 0.3) is 0 Å². The van der Waals surface area contributed by atoms with E-state index in [0.29, 0.717) is 11.7 Å². The summed E-state index contributed by atoms with van der Waals surface area (Å²) >= 11 is 1.27. The first-order chi connectivity index (χ1) is 9.16. The number of anilines is 1. The highest BCUT2D eigenvalue weighted by Crippen LogP contribution is 2.10. The summed E-state index contributed by atoms with van der Waals surface area (Å²) in [6.45, 7) is 0.394. The third-order valence-corrected chi connectivity index (χ3v) is 3.14. The zero-order chi connectivity index (χ0) is 13.7. The van der Waals surface area contributed by atoms with Gasteiger partial charge < -0.3 is 4.90 Å². The number of carbonyl (C=O) groups excluding carboxylic acids is 2. The van der Waals surface area contributed by atoms with Crippen LogP contribution in [-0.4, -0.2) is 28.7 Å². The van der Waals surface area contributed by atoms with Crippen LogP contribution in [0, 0.1) is 0 Å². The van der Waals surface area contributed by atoms with Crippen LogP contribution in [0.4, 0.5) is 5.13 Å². The molecule has 0 saturated carbocycles. The summed E-state index contributed by atoms with van der Waals surface area (Å²) in [4.78, 5) is 28.8. The molecule has 0 fully saturated rings. The fourth-order valence-electron chi connectivity index (χ4n) is 1.54. The first kappa shape index (κ1) is 13.2. The molecule has 1 aromatic heterocycles. The van der Waals surface area contributed by atoms with Crippen LogP contribution in [0.1, 0.15) is 5.56 Å². The van der Waals surface area contributed by atoms with Gasteiger partial charge in [-0.1, -0.05) is 30.3 Å². The fraction of sp³-hybridized carbons (Fsp3) is 0.154. The van der Waals surface area contributed by atoms with E-state index in [4.69, 9.17) is 0 Å². The Morgan fingerprint density at radius 1 is 1.32 bits per heavy atom. The molecule has 0 aliphatic heterocycles. The molecule has 0 unspecified atom stereocenters. The number of likely N-dealkylation sites (N-methyl/N-ethyl adjacent to an activating group) is 1. The van der Waals surface area contributed by atoms with Gasteiger partial charge in [0, 0.05) is 25.2 Å². The number of amides is 2. The van der Waals surface area contributed by atoms with Crippen molar-refractivity contribution in [2.45, 2.75) is 6.54 Å². The second-order valence-corrected chi connectivity index (χ2v) is 4.83. The molecule has 0 bridgehead atoms. The van der Waals surface area contributed by atoms with Crippen molar-refractivity contribution in [3.8, 4) is 0 Å². The molecule has 0 spiro atoms. The zero-order valence-electron chi connectivity index (χ0n) is 10.4. The first-order valence-corrected chi connectivity index (χ1v) is 6.54. The SMILES string of the molecule is CN(Cc1ccccc1)C(=O)C(=O)Nc1nccs1. The van der Waals surface area contributed by atoms with Crippen molar-refractivity contribution in [1.82, 2.24) is 9.88 Å². The zero-order valence-corrected chi connectivity index (χ0v) is 11.2. The lowest BCUT2D eigenvalue weighted by atomic mass is 10.2. The van der Waals surface area contributed by atoms with Gasteiger partial charge in [-0.3, -0.25) is 14.9 Å². The molecule has 2 rings (SSSR count). The molecule has 6 heteroatoms. The molecule has 1 heterocycles. The quantitative estimate of drug-likeness (QED) is 0.868. The van der Waals surface area contributed by atoms with Gasteiger partial charge in [0.2, 0.25) is 0 Å². The number of thiazole rings is 1. The van der Waals surface area contributed by atoms with Gasteiger partial charge in [0.25, 0.3) is 0 Å². The van der Waals surface area contributed by atoms with Crippen LogP contribution in [0.5, 0.6) is 0 Å². The summed E-state index contributed by atoms with van der Waals surface area (Å²) < 4.78 is 0. The number of rotatable bonds is 3. The number of benzene rings is 1. The van der Waals surface area contributed by atoms with Gasteiger partial charge in [-0.15, -0.1) is 11.3 Å². The van der Waals surface area contributed by atoms with E-state index >= 15 is 0 Å². The minimum absolute atomic E-state index is 0.394. The highest BCUT2D eigenvalue weighted by Gasteiger charge is 2.19. The predicted molar refractivity (Wildman–Crippen MR) is 73.7 cm³/mol. The van der Waals surface area contributed by atoms with Gasteiger partial charge in [0.15, 0.2) is 5.13 Å². The molecule has 0 aliphatic carbocycles. The van der Waals surface area contributed by atoms with Crippen molar-refractivity contribution in [3.05, 3.63) is 47.5 Å². The Balaban J connectivity index is 1.93. The molecule has 0 aliphatic rings. The van der Waals surface area contributed by atoms with E-state index in [1.54, 1.807) is 18.6 Å². The van der Waals surface area contributed by atoms with Crippen LogP contribution in [0.2, 0.25) is 0 Å². The number of nitrogens with one attached hydrogen (secondary N) is 1. The van der Waals surface area contributed by atoms with Crippen molar-refractivity contribution in [2.75, 3.05) is 12.4 Å². The highest BCUT2D eigenvalue weighted by atomic mass is 32.1. The second-order valence-electron chi connectivity index (χ2n) is 3.94. The first-order valence-electron chi connectivity index (χ1n) is 5.66. The molecule has 5 nitrogen and oxygen atoms in total. The molecular weight excluding hydrogens is 262 g/mol. The Morgan fingerprint density at radius 2 is 2.05 bits per heavy atom. The summed E-state index contributed by atoms with van der Waals surface area (Å²) in [7, 11) is 1.59. The second kappa shape index (κ2) is 6.10. The Hall–Kier alpha value is -2.21. The molecule has 2 aromatic rings. The minimum atomic E-state index is -0.673. The summed E-state index contributed by atoms with van der Waals surface area (Å²) in [5, 5.41) is 4.62. The normalized spacial score (nSPS) is 9.95. The summed E-state index contributed by atoms with van der Waals surface area (Å²) in [6.07, 6.45) is 1.57. The van der Waals surface area contributed by atoms with Crippen LogP contribution < -0.4 is 5.32 Å². The van der Waals surface area contributed by atoms with Crippen molar-refractivity contribution >= 4 is 28.3 Å². The van der Waals surface area contributed by atoms with E-state index in [2.05, 4.69) is 10.3 Å². The maximum absolute atomic E-state index is 11.9. The molecule has 1 aromatic carbocycles. The average Bonchev–Trinajstić information content (AvgIpc) is 2.91. The Labute approximate surface area is 114 Å². The van der Waals surface area contributed by atoms with E-state index in [9.17, 15) is 9.59 Å². The lowest BCUT2D eigenvalue weighted by Crippen LogP contribution is -2.36. The number of carbonyl (C=O) groups is 2. The summed E-state index contributed by atoms with van der Waals surface area (Å²) in [5.74, 6) is -1.26. The third kappa shape index (κ3) is 3.62. The standard InChI is InChI=1S/C13H13N3O2S/c1-16(9-10-5-3-2-4-6-10)12(18)11(17)15-13-14-7-8-19-13/h2-8H,9H2,1H3,(H,14,15,17). The van der Waals surface area contributed by atoms with E-state index in [1.807, 2.05) is 30.3 Å². The third-order valence-electron chi connectivity index (χ3n) is 2.46. The van der Waals surface area contributed by atoms with Gasteiger partial charge in [-0.2, -0.15) is 0 Å². The molecule has 19 heavy (non-hydrogen) atoms. The van der Waals surface area contributed by atoms with Crippen LogP contribution in [0.15, 0.2) is 41.9 Å². The average molecular weight is 275 g/mol. The Morgan fingerprint density at radius 3 is 2.68 bits per heavy atom. The van der Waals surface area contributed by atoms with Crippen molar-refractivity contribution in [3.63, 3.8) is 0 Å². The Kier molecular flexibility index (Phi) is 4.25. The fourth-order valence-corrected chi connectivity index (χ4v) is 2.06. The Bertz CT molecular complexity index is 555. The lowest BCUT2D eigenvalue weighted by Gasteiger charge is -2.16. The van der Waals surface area contributed by atoms with Crippen LogP contribution in [0.3, 0.4) is 0 Å². The number of aromatic nitrogens is 1. The predicted octanol–water partition coefficient (Wildman–Crippen LogP) is 1.74. The lowest BCUT2D eigenvalue weighted by molar-refractivity contribution is -0.142. The van der Waals surface area contributed by atoms with Crippen LogP contribution >= 0.6 is 11.3 Å². The molecule has 0 radical (unpaired) electrons. The maximum atomic E-state index is 11.9. The topological polar surface area (TPSA) is 62.3 Å². The van der Waals surface area contributed by atoms with E-state index in [0.717, 1.165) is 5.56 Å². The smallest absolute Gasteiger partial charge is 0.315 e. The minimum Gasteiger partial charge on any atom is -0.333 e. The molecule has 0 saturated heterocycles. The molecule has 98 valence electrons.